The van der Waals surface area contributed by atoms with E-state index in [2.05, 4.69) is 10.6 Å². The first-order valence-electron chi connectivity index (χ1n) is 12.8. The van der Waals surface area contributed by atoms with Crippen LogP contribution in [0.3, 0.4) is 0 Å². The number of nitrogens with one attached hydrogen (secondary N) is 2. The summed E-state index contributed by atoms with van der Waals surface area (Å²) in [7, 11) is 0. The molecule has 2 aliphatic rings. The molecule has 13 heteroatoms. The highest BCUT2D eigenvalue weighted by atomic mass is 32.2. The van der Waals surface area contributed by atoms with E-state index in [1.54, 1.807) is 44.2 Å². The highest BCUT2D eigenvalue weighted by molar-refractivity contribution is 8.01. The minimum absolute atomic E-state index is 0.0261. The molecular weight excluding hydrogens is 555 g/mol. The van der Waals surface area contributed by atoms with Crippen molar-refractivity contribution >= 4 is 46.4 Å². The highest BCUT2D eigenvalue weighted by Gasteiger charge is 2.64. The maximum absolute atomic E-state index is 14.0. The number of pyridine rings is 1. The van der Waals surface area contributed by atoms with Gasteiger partial charge in [0.15, 0.2) is 0 Å². The van der Waals surface area contributed by atoms with Crippen molar-refractivity contribution in [2.75, 3.05) is 6.61 Å². The van der Waals surface area contributed by atoms with Crippen molar-refractivity contribution in [1.29, 1.82) is 0 Å². The van der Waals surface area contributed by atoms with Gasteiger partial charge in [-0.3, -0.25) is 19.2 Å². The number of carboxylic acids is 1. The monoisotopic (exact) mass is 582 g/mol. The zero-order valence-corrected chi connectivity index (χ0v) is 22.9. The van der Waals surface area contributed by atoms with Gasteiger partial charge in [0.2, 0.25) is 17.2 Å². The van der Waals surface area contributed by atoms with Crippen LogP contribution in [0, 0.1) is 5.82 Å². The molecule has 1 aromatic heterocycles. The third kappa shape index (κ3) is 4.95. The number of fused-ring (bicyclic) bond motifs is 2. The number of carbonyl (C=O) groups excluding carboxylic acids is 3. The van der Waals surface area contributed by atoms with E-state index in [0.717, 1.165) is 12.1 Å². The summed E-state index contributed by atoms with van der Waals surface area (Å²) >= 11 is 1.26. The van der Waals surface area contributed by atoms with Crippen LogP contribution in [0.15, 0.2) is 59.5 Å². The van der Waals surface area contributed by atoms with Crippen LogP contribution >= 0.6 is 11.8 Å². The number of amides is 3. The van der Waals surface area contributed by atoms with Crippen molar-refractivity contribution < 1.29 is 33.8 Å². The van der Waals surface area contributed by atoms with Gasteiger partial charge in [0.1, 0.15) is 34.9 Å². The Balaban J connectivity index is 1.44. The third-order valence-corrected chi connectivity index (χ3v) is 8.84. The van der Waals surface area contributed by atoms with Gasteiger partial charge in [-0.15, -0.1) is 11.8 Å². The van der Waals surface area contributed by atoms with Gasteiger partial charge in [-0.05, 0) is 37.6 Å². The molecule has 3 heterocycles. The molecule has 5 rings (SSSR count). The predicted octanol–water partition coefficient (Wildman–Crippen LogP) is 1.24. The zero-order valence-electron chi connectivity index (χ0n) is 22.0. The van der Waals surface area contributed by atoms with Crippen LogP contribution in [-0.2, 0) is 20.9 Å². The lowest BCUT2D eigenvalue weighted by molar-refractivity contribution is -0.161. The lowest BCUT2D eigenvalue weighted by Crippen LogP contribution is -2.71. The number of rotatable bonds is 8. The average Bonchev–Trinajstić information content (AvgIpc) is 3.20. The Kier molecular flexibility index (Phi) is 7.34. The van der Waals surface area contributed by atoms with Crippen LogP contribution in [0.4, 0.5) is 4.39 Å². The molecule has 2 fully saturated rings. The van der Waals surface area contributed by atoms with E-state index in [1.165, 1.54) is 33.5 Å². The van der Waals surface area contributed by atoms with E-state index < -0.39 is 63.2 Å². The number of β-lactam (4-membered cyclic amide) rings is 1. The molecule has 0 radical (unpaired) electrons. The number of thioether (sulfide) groups is 1. The van der Waals surface area contributed by atoms with E-state index in [1.807, 2.05) is 0 Å². The van der Waals surface area contributed by atoms with Crippen LogP contribution in [0.5, 0.6) is 0 Å². The number of aliphatic hydroxyl groups excluding tert-OH is 1. The minimum Gasteiger partial charge on any atom is -0.480 e. The van der Waals surface area contributed by atoms with Crippen LogP contribution in [-0.4, -0.2) is 72.2 Å². The quantitative estimate of drug-likeness (QED) is 0.289. The fourth-order valence-electron chi connectivity index (χ4n) is 5.36. The average molecular weight is 583 g/mol. The number of hydrogen-bond acceptors (Lipinski definition) is 7. The van der Waals surface area contributed by atoms with Gasteiger partial charge in [-0.1, -0.05) is 30.3 Å². The molecule has 2 unspecified atom stereocenters. The van der Waals surface area contributed by atoms with Crippen LogP contribution in [0.1, 0.15) is 35.8 Å². The first kappa shape index (κ1) is 28.3. The molecule has 0 aliphatic carbocycles. The SMILES string of the molecule is CC1(C)S[C@@H]2C(NC(=O)C(NC(=O)c3cn(CCO)c4ccc(F)cc4c3=O)c3ccccc3)C(=O)N2[C@H]1C(=O)O. The van der Waals surface area contributed by atoms with Crippen LogP contribution < -0.4 is 16.1 Å². The number of carboxylic acid groups (broad SMARTS) is 1. The number of carbonyl (C=O) groups is 4. The largest absolute Gasteiger partial charge is 0.480 e. The smallest absolute Gasteiger partial charge is 0.327 e. The van der Waals surface area contributed by atoms with E-state index in [4.69, 9.17) is 0 Å². The lowest BCUT2D eigenvalue weighted by Gasteiger charge is -2.44. The molecule has 11 nitrogen and oxygen atoms in total. The first-order chi connectivity index (χ1) is 19.4. The highest BCUT2D eigenvalue weighted by Crippen LogP contribution is 2.50. The number of benzene rings is 2. The Morgan fingerprint density at radius 2 is 1.83 bits per heavy atom. The van der Waals surface area contributed by atoms with E-state index in [0.29, 0.717) is 11.1 Å². The minimum atomic E-state index is -1.32. The van der Waals surface area contributed by atoms with Crippen LogP contribution in [0.25, 0.3) is 10.9 Å². The number of aromatic nitrogens is 1. The summed E-state index contributed by atoms with van der Waals surface area (Å²) in [5.41, 5.74) is -0.433. The zero-order chi connectivity index (χ0) is 29.6. The van der Waals surface area contributed by atoms with E-state index in [-0.39, 0.29) is 24.1 Å². The second-order valence-corrected chi connectivity index (χ2v) is 12.1. The summed E-state index contributed by atoms with van der Waals surface area (Å²) in [5.74, 6) is -4.01. The summed E-state index contributed by atoms with van der Waals surface area (Å²) in [6.45, 7) is 3.15. The van der Waals surface area contributed by atoms with Gasteiger partial charge in [-0.2, -0.15) is 0 Å². The van der Waals surface area contributed by atoms with Gasteiger partial charge in [-0.25, -0.2) is 9.18 Å². The summed E-state index contributed by atoms with van der Waals surface area (Å²) in [5, 5.41) is 23.7. The molecule has 4 N–H and O–H groups in total. The Morgan fingerprint density at radius 1 is 1.12 bits per heavy atom. The Hall–Kier alpha value is -4.23. The van der Waals surface area contributed by atoms with Crippen molar-refractivity contribution in [1.82, 2.24) is 20.1 Å². The van der Waals surface area contributed by atoms with E-state index >= 15 is 0 Å². The van der Waals surface area contributed by atoms with Crippen molar-refractivity contribution in [3.8, 4) is 0 Å². The molecule has 3 amide bonds. The number of aliphatic hydroxyl groups is 1. The van der Waals surface area contributed by atoms with Crippen molar-refractivity contribution in [2.45, 2.75) is 48.6 Å². The first-order valence-corrected chi connectivity index (χ1v) is 13.6. The summed E-state index contributed by atoms with van der Waals surface area (Å²) < 4.78 is 14.6. The fraction of sp³-hybridized carbons (Fsp3) is 0.321. The van der Waals surface area contributed by atoms with Crippen molar-refractivity contribution in [2.24, 2.45) is 0 Å². The molecule has 4 atom stereocenters. The van der Waals surface area contributed by atoms with Crippen molar-refractivity contribution in [3.63, 3.8) is 0 Å². The Morgan fingerprint density at radius 3 is 2.49 bits per heavy atom. The summed E-state index contributed by atoms with van der Waals surface area (Å²) in [6, 6.07) is 8.34. The fourth-order valence-corrected chi connectivity index (χ4v) is 6.99. The van der Waals surface area contributed by atoms with Crippen molar-refractivity contribution in [3.05, 3.63) is 81.9 Å². The number of nitrogens with zero attached hydrogens (tertiary/aromatic N) is 2. The number of hydrogen-bond donors (Lipinski definition) is 4. The normalized spacial score (nSPS) is 21.6. The molecule has 2 aliphatic heterocycles. The second kappa shape index (κ2) is 10.6. The number of aliphatic carboxylic acids is 1. The molecule has 2 aromatic carbocycles. The Bertz CT molecular complexity index is 1630. The second-order valence-electron chi connectivity index (χ2n) is 10.4. The third-order valence-electron chi connectivity index (χ3n) is 7.27. The van der Waals surface area contributed by atoms with Gasteiger partial charge in [0.05, 0.1) is 12.1 Å². The van der Waals surface area contributed by atoms with Crippen LogP contribution in [0.2, 0.25) is 0 Å². The van der Waals surface area contributed by atoms with Gasteiger partial charge < -0.3 is 30.3 Å². The molecule has 0 bridgehead atoms. The summed E-state index contributed by atoms with van der Waals surface area (Å²) in [6.07, 6.45) is 1.24. The van der Waals surface area contributed by atoms with Gasteiger partial charge in [0, 0.05) is 22.9 Å². The molecule has 3 aromatic rings. The lowest BCUT2D eigenvalue weighted by atomic mass is 9.95. The van der Waals surface area contributed by atoms with E-state index in [9.17, 15) is 38.6 Å². The number of halogens is 1. The molecule has 2 saturated heterocycles. The molecule has 41 heavy (non-hydrogen) atoms. The molecule has 0 saturated carbocycles. The molecule has 214 valence electrons. The Labute approximate surface area is 237 Å². The standard InChI is InChI=1S/C28H27FN4O7S/c1-28(2)22(27(39)40)33-25(38)20(26(33)41-28)31-24(37)19(14-6-4-3-5-7-14)30-23(36)17-13-32(10-11-34)18-9-8-15(29)12-16(18)21(17)35/h3-9,12-13,19-20,22,26,34H,10-11H2,1-2H3,(H,30,36)(H,31,37)(H,39,40)/t19?,20?,22-,26+/m0/s1. The summed E-state index contributed by atoms with van der Waals surface area (Å²) in [4.78, 5) is 66.2. The van der Waals surface area contributed by atoms with Gasteiger partial charge in [0.25, 0.3) is 5.91 Å². The maximum atomic E-state index is 14.0. The topological polar surface area (TPSA) is 158 Å². The van der Waals surface area contributed by atoms with Gasteiger partial charge >= 0.3 is 5.97 Å². The molecular formula is C28H27FN4O7S. The predicted molar refractivity (Wildman–Crippen MR) is 148 cm³/mol. The maximum Gasteiger partial charge on any atom is 0.327 e. The molecule has 0 spiro atoms.